The lowest BCUT2D eigenvalue weighted by Gasteiger charge is -2.06. The first-order valence-electron chi connectivity index (χ1n) is 4.64. The maximum absolute atomic E-state index is 6.04. The summed E-state index contributed by atoms with van der Waals surface area (Å²) in [7, 11) is 0. The molecule has 84 valence electrons. The van der Waals surface area contributed by atoms with Gasteiger partial charge in [0.25, 0.3) is 0 Å². The zero-order valence-electron chi connectivity index (χ0n) is 8.54. The molecule has 0 unspecified atom stereocenters. The molecule has 16 heavy (non-hydrogen) atoms. The van der Waals surface area contributed by atoms with E-state index in [2.05, 4.69) is 4.98 Å². The van der Waals surface area contributed by atoms with Crippen LogP contribution in [-0.2, 0) is 6.61 Å². The zero-order valence-corrected chi connectivity index (χ0v) is 10.9. The summed E-state index contributed by atoms with van der Waals surface area (Å²) < 4.78 is 6.09. The summed E-state index contributed by atoms with van der Waals surface area (Å²) >= 11 is 13.2. The molecule has 2 nitrogen and oxygen atoms in total. The molecule has 0 aliphatic heterocycles. The fraction of sp³-hybridized carbons (Fsp3) is 0.182. The van der Waals surface area contributed by atoms with Crippen molar-refractivity contribution in [2.75, 3.05) is 0 Å². The minimum absolute atomic E-state index is 0.438. The highest BCUT2D eigenvalue weighted by atomic mass is 35.5. The Morgan fingerprint density at radius 1 is 1.38 bits per heavy atom. The number of thiazole rings is 1. The Labute approximate surface area is 108 Å². The van der Waals surface area contributed by atoms with Gasteiger partial charge in [-0.1, -0.05) is 29.3 Å². The van der Waals surface area contributed by atoms with Gasteiger partial charge in [-0.15, -0.1) is 11.3 Å². The van der Waals surface area contributed by atoms with Gasteiger partial charge in [-0.2, -0.15) is 0 Å². The Hall–Kier alpha value is -0.770. The Kier molecular flexibility index (Phi) is 3.69. The van der Waals surface area contributed by atoms with Crippen LogP contribution >= 0.6 is 34.5 Å². The van der Waals surface area contributed by atoms with Gasteiger partial charge >= 0.3 is 0 Å². The molecule has 2 rings (SSSR count). The molecule has 1 heterocycles. The van der Waals surface area contributed by atoms with E-state index < -0.39 is 0 Å². The predicted molar refractivity (Wildman–Crippen MR) is 67.6 cm³/mol. The first kappa shape index (κ1) is 11.7. The van der Waals surface area contributed by atoms with E-state index in [1.54, 1.807) is 6.20 Å². The normalized spacial score (nSPS) is 10.4. The highest BCUT2D eigenvalue weighted by Gasteiger charge is 2.04. The van der Waals surface area contributed by atoms with Crippen LogP contribution in [0.25, 0.3) is 0 Å². The van der Waals surface area contributed by atoms with E-state index in [1.165, 1.54) is 11.3 Å². The molecule has 0 saturated carbocycles. The molecule has 1 aromatic carbocycles. The van der Waals surface area contributed by atoms with Crippen molar-refractivity contribution in [2.45, 2.75) is 13.5 Å². The molecule has 0 aliphatic rings. The van der Waals surface area contributed by atoms with Gasteiger partial charge in [0.15, 0.2) is 4.47 Å². The molecule has 0 bridgehead atoms. The van der Waals surface area contributed by atoms with Gasteiger partial charge < -0.3 is 4.74 Å². The van der Waals surface area contributed by atoms with E-state index >= 15 is 0 Å². The van der Waals surface area contributed by atoms with Crippen molar-refractivity contribution in [1.82, 2.24) is 4.98 Å². The summed E-state index contributed by atoms with van der Waals surface area (Å²) in [6.45, 7) is 2.42. The van der Waals surface area contributed by atoms with Gasteiger partial charge in [0.1, 0.15) is 12.4 Å². The zero-order chi connectivity index (χ0) is 11.5. The minimum atomic E-state index is 0.438. The molecule has 0 amide bonds. The van der Waals surface area contributed by atoms with E-state index in [0.29, 0.717) is 21.8 Å². The van der Waals surface area contributed by atoms with Crippen LogP contribution < -0.4 is 4.74 Å². The molecular weight excluding hydrogens is 265 g/mol. The summed E-state index contributed by atoms with van der Waals surface area (Å²) in [6, 6.07) is 5.69. The molecule has 2 aromatic rings. The van der Waals surface area contributed by atoms with Gasteiger partial charge in [-0.3, -0.25) is 0 Å². The van der Waals surface area contributed by atoms with E-state index in [-0.39, 0.29) is 0 Å². The van der Waals surface area contributed by atoms with Crippen molar-refractivity contribution in [3.05, 3.63) is 44.3 Å². The molecule has 0 atom stereocenters. The number of ether oxygens (including phenoxy) is 1. The third-order valence-electron chi connectivity index (χ3n) is 1.98. The Morgan fingerprint density at radius 2 is 2.19 bits per heavy atom. The Balaban J connectivity index is 2.04. The average molecular weight is 274 g/mol. The number of aryl methyl sites for hydroxylation is 1. The second-order valence-electron chi connectivity index (χ2n) is 3.30. The quantitative estimate of drug-likeness (QED) is 0.830. The van der Waals surface area contributed by atoms with Crippen molar-refractivity contribution in [2.24, 2.45) is 0 Å². The van der Waals surface area contributed by atoms with Crippen LogP contribution in [-0.4, -0.2) is 4.98 Å². The molecule has 0 saturated heterocycles. The van der Waals surface area contributed by atoms with Crippen LogP contribution in [0, 0.1) is 6.92 Å². The van der Waals surface area contributed by atoms with E-state index in [9.17, 15) is 0 Å². The van der Waals surface area contributed by atoms with Crippen LogP contribution in [0.1, 0.15) is 10.4 Å². The van der Waals surface area contributed by atoms with E-state index in [4.69, 9.17) is 27.9 Å². The monoisotopic (exact) mass is 273 g/mol. The lowest BCUT2D eigenvalue weighted by molar-refractivity contribution is 0.309. The lowest BCUT2D eigenvalue weighted by Crippen LogP contribution is -1.93. The molecule has 0 spiro atoms. The summed E-state index contributed by atoms with van der Waals surface area (Å²) in [6.07, 6.45) is 1.70. The number of aromatic nitrogens is 1. The SMILES string of the molecule is Cc1ccc(OCc2cnc(Cl)s2)c(Cl)c1. The van der Waals surface area contributed by atoms with Gasteiger partial charge in [-0.05, 0) is 24.6 Å². The highest BCUT2D eigenvalue weighted by Crippen LogP contribution is 2.27. The van der Waals surface area contributed by atoms with Gasteiger partial charge in [0.05, 0.1) is 9.90 Å². The smallest absolute Gasteiger partial charge is 0.183 e. The van der Waals surface area contributed by atoms with Gasteiger partial charge in [-0.25, -0.2) is 4.98 Å². The van der Waals surface area contributed by atoms with Crippen molar-refractivity contribution >= 4 is 34.5 Å². The lowest BCUT2D eigenvalue weighted by atomic mass is 10.2. The van der Waals surface area contributed by atoms with Crippen LogP contribution in [0.5, 0.6) is 5.75 Å². The average Bonchev–Trinajstić information content (AvgIpc) is 2.63. The minimum Gasteiger partial charge on any atom is -0.486 e. The number of hydrogen-bond donors (Lipinski definition) is 0. The number of halogens is 2. The molecule has 0 fully saturated rings. The Bertz CT molecular complexity index is 498. The molecule has 5 heteroatoms. The second kappa shape index (κ2) is 5.04. The topological polar surface area (TPSA) is 22.1 Å². The van der Waals surface area contributed by atoms with Gasteiger partial charge in [0.2, 0.25) is 0 Å². The van der Waals surface area contributed by atoms with Crippen molar-refractivity contribution in [3.63, 3.8) is 0 Å². The summed E-state index contributed by atoms with van der Waals surface area (Å²) in [5.74, 6) is 0.678. The van der Waals surface area contributed by atoms with Crippen molar-refractivity contribution in [3.8, 4) is 5.75 Å². The number of rotatable bonds is 3. The van der Waals surface area contributed by atoms with Crippen LogP contribution in [0.3, 0.4) is 0 Å². The fourth-order valence-electron chi connectivity index (χ4n) is 1.22. The van der Waals surface area contributed by atoms with Crippen LogP contribution in [0.15, 0.2) is 24.4 Å². The second-order valence-corrected chi connectivity index (χ2v) is 5.41. The van der Waals surface area contributed by atoms with Crippen molar-refractivity contribution in [1.29, 1.82) is 0 Å². The third kappa shape index (κ3) is 2.88. The number of nitrogens with zero attached hydrogens (tertiary/aromatic N) is 1. The highest BCUT2D eigenvalue weighted by molar-refractivity contribution is 7.15. The van der Waals surface area contributed by atoms with Crippen LogP contribution in [0.4, 0.5) is 0 Å². The molecule has 0 N–H and O–H groups in total. The largest absolute Gasteiger partial charge is 0.486 e. The van der Waals surface area contributed by atoms with Crippen LogP contribution in [0.2, 0.25) is 9.49 Å². The summed E-state index contributed by atoms with van der Waals surface area (Å²) in [5.41, 5.74) is 1.11. The molecular formula is C11H9Cl2NOS. The first-order valence-corrected chi connectivity index (χ1v) is 6.21. The Morgan fingerprint density at radius 3 is 2.81 bits per heavy atom. The maximum Gasteiger partial charge on any atom is 0.183 e. The number of benzene rings is 1. The first-order chi connectivity index (χ1) is 7.65. The fourth-order valence-corrected chi connectivity index (χ4v) is 2.40. The molecule has 0 aliphatic carbocycles. The molecule has 1 aromatic heterocycles. The molecule has 0 radical (unpaired) electrons. The third-order valence-corrected chi connectivity index (χ3v) is 3.37. The van der Waals surface area contributed by atoms with Gasteiger partial charge in [0, 0.05) is 6.20 Å². The summed E-state index contributed by atoms with van der Waals surface area (Å²) in [4.78, 5) is 4.91. The standard InChI is InChI=1S/C11H9Cl2NOS/c1-7-2-3-10(9(12)4-7)15-6-8-5-14-11(13)16-8/h2-5H,6H2,1H3. The number of hydrogen-bond acceptors (Lipinski definition) is 3. The van der Waals surface area contributed by atoms with Crippen molar-refractivity contribution < 1.29 is 4.74 Å². The maximum atomic E-state index is 6.04. The predicted octanol–water partition coefficient (Wildman–Crippen LogP) is 4.34. The summed E-state index contributed by atoms with van der Waals surface area (Å²) in [5, 5.41) is 0.621. The van der Waals surface area contributed by atoms with E-state index in [1.807, 2.05) is 25.1 Å². The van der Waals surface area contributed by atoms with E-state index in [0.717, 1.165) is 10.4 Å².